The number of ether oxygens (including phenoxy) is 1. The molecule has 1 heterocycles. The summed E-state index contributed by atoms with van der Waals surface area (Å²) < 4.78 is 5.52. The van der Waals surface area contributed by atoms with Crippen LogP contribution in [0, 0.1) is 0 Å². The van der Waals surface area contributed by atoms with Crippen molar-refractivity contribution in [1.82, 2.24) is 15.3 Å². The second-order valence-corrected chi connectivity index (χ2v) is 8.42. The number of imidazole rings is 1. The molecule has 1 atom stereocenters. The van der Waals surface area contributed by atoms with Crippen molar-refractivity contribution in [3.8, 4) is 5.75 Å². The highest BCUT2D eigenvalue weighted by Crippen LogP contribution is 2.39. The average Bonchev–Trinajstić information content (AvgIpc) is 3.24. The molecule has 0 aliphatic carbocycles. The molecule has 3 aromatic rings. The van der Waals surface area contributed by atoms with E-state index in [1.165, 1.54) is 0 Å². The minimum Gasteiger partial charge on any atom is -0.496 e. The molecule has 6 heteroatoms. The highest BCUT2D eigenvalue weighted by molar-refractivity contribution is 5.94. The minimum absolute atomic E-state index is 0.146. The van der Waals surface area contributed by atoms with Crippen molar-refractivity contribution in [3.05, 3.63) is 83.4 Å². The van der Waals surface area contributed by atoms with Crippen molar-refractivity contribution in [1.29, 1.82) is 0 Å². The van der Waals surface area contributed by atoms with E-state index in [9.17, 15) is 9.90 Å². The highest BCUT2D eigenvalue weighted by atomic mass is 16.5. The van der Waals surface area contributed by atoms with Crippen LogP contribution in [-0.2, 0) is 12.0 Å². The number of aromatic nitrogens is 2. The maximum Gasteiger partial charge on any atom is 0.251 e. The van der Waals surface area contributed by atoms with Crippen molar-refractivity contribution in [3.63, 3.8) is 0 Å². The second-order valence-electron chi connectivity index (χ2n) is 8.42. The molecule has 0 aliphatic heterocycles. The van der Waals surface area contributed by atoms with Crippen molar-refractivity contribution < 1.29 is 14.6 Å². The average molecular weight is 408 g/mol. The van der Waals surface area contributed by atoms with Gasteiger partial charge < -0.3 is 20.1 Å². The number of amides is 1. The third kappa shape index (κ3) is 4.89. The summed E-state index contributed by atoms with van der Waals surface area (Å²) in [6, 6.07) is 14.5. The Kier molecular flexibility index (Phi) is 6.27. The van der Waals surface area contributed by atoms with Crippen molar-refractivity contribution in [2.45, 2.75) is 44.8 Å². The van der Waals surface area contributed by atoms with Gasteiger partial charge in [-0.2, -0.15) is 0 Å². The lowest BCUT2D eigenvalue weighted by Gasteiger charge is -2.31. The summed E-state index contributed by atoms with van der Waals surface area (Å²) in [5.74, 6) is 0.464. The number of hydrogen-bond donors (Lipinski definition) is 3. The summed E-state index contributed by atoms with van der Waals surface area (Å²) in [5, 5.41) is 14.8. The number of aromatic amines is 1. The van der Waals surface area contributed by atoms with Gasteiger partial charge in [0.1, 0.15) is 11.4 Å². The van der Waals surface area contributed by atoms with Crippen LogP contribution in [0.5, 0.6) is 5.75 Å². The number of aliphatic hydroxyl groups is 1. The lowest BCUT2D eigenvalue weighted by molar-refractivity contribution is 0.0681. The topological polar surface area (TPSA) is 87.2 Å². The first kappa shape index (κ1) is 21.6. The summed E-state index contributed by atoms with van der Waals surface area (Å²) in [6.07, 6.45) is 4.40. The van der Waals surface area contributed by atoms with Gasteiger partial charge in [-0.1, -0.05) is 30.3 Å². The normalized spacial score (nSPS) is 13.5. The van der Waals surface area contributed by atoms with E-state index in [-0.39, 0.29) is 11.4 Å². The molecule has 0 spiro atoms. The third-order valence-corrected chi connectivity index (χ3v) is 4.98. The molecule has 1 unspecified atom stereocenters. The Morgan fingerprint density at radius 1 is 1.13 bits per heavy atom. The Labute approximate surface area is 177 Å². The van der Waals surface area contributed by atoms with E-state index in [0.717, 1.165) is 5.69 Å². The lowest BCUT2D eigenvalue weighted by atomic mass is 9.81. The van der Waals surface area contributed by atoms with Gasteiger partial charge in [0, 0.05) is 28.6 Å². The summed E-state index contributed by atoms with van der Waals surface area (Å²) in [6.45, 7) is 5.82. The fourth-order valence-electron chi connectivity index (χ4n) is 3.47. The van der Waals surface area contributed by atoms with E-state index in [1.54, 1.807) is 43.9 Å². The lowest BCUT2D eigenvalue weighted by Crippen LogP contribution is -2.40. The van der Waals surface area contributed by atoms with E-state index < -0.39 is 5.60 Å². The maximum absolute atomic E-state index is 12.5. The van der Waals surface area contributed by atoms with E-state index in [2.05, 4.69) is 15.3 Å². The molecule has 30 heavy (non-hydrogen) atoms. The van der Waals surface area contributed by atoms with Crippen LogP contribution >= 0.6 is 0 Å². The van der Waals surface area contributed by atoms with E-state index in [4.69, 9.17) is 4.74 Å². The van der Waals surface area contributed by atoms with Crippen LogP contribution in [-0.4, -0.2) is 33.6 Å². The predicted molar refractivity (Wildman–Crippen MR) is 117 cm³/mol. The molecule has 0 saturated heterocycles. The number of carbonyl (C=O) groups is 1. The van der Waals surface area contributed by atoms with Gasteiger partial charge in [0.25, 0.3) is 5.91 Å². The van der Waals surface area contributed by atoms with Gasteiger partial charge in [-0.25, -0.2) is 4.98 Å². The smallest absolute Gasteiger partial charge is 0.251 e. The van der Waals surface area contributed by atoms with Crippen molar-refractivity contribution in [2.24, 2.45) is 0 Å². The molecule has 3 rings (SSSR count). The van der Waals surface area contributed by atoms with Gasteiger partial charge in [-0.05, 0) is 57.4 Å². The number of H-pyrrole nitrogens is 1. The van der Waals surface area contributed by atoms with Crippen LogP contribution in [0.25, 0.3) is 0 Å². The van der Waals surface area contributed by atoms with Gasteiger partial charge in [-0.3, -0.25) is 4.79 Å². The molecule has 158 valence electrons. The molecule has 0 fully saturated rings. The summed E-state index contributed by atoms with van der Waals surface area (Å²) in [4.78, 5) is 19.6. The van der Waals surface area contributed by atoms with E-state index >= 15 is 0 Å². The van der Waals surface area contributed by atoms with Gasteiger partial charge in [-0.15, -0.1) is 0 Å². The number of methoxy groups -OCH3 is 1. The van der Waals surface area contributed by atoms with Crippen LogP contribution in [0.15, 0.2) is 61.1 Å². The zero-order chi connectivity index (χ0) is 21.8. The molecular formula is C24H29N3O3. The first-order valence-electron chi connectivity index (χ1n) is 9.99. The van der Waals surface area contributed by atoms with Crippen LogP contribution in [0.4, 0.5) is 0 Å². The predicted octanol–water partition coefficient (Wildman–Crippen LogP) is 3.82. The number of rotatable bonds is 7. The first-order valence-corrected chi connectivity index (χ1v) is 9.99. The van der Waals surface area contributed by atoms with Gasteiger partial charge in [0.2, 0.25) is 0 Å². The molecule has 0 bridgehead atoms. The number of nitrogens with one attached hydrogen (secondary N) is 2. The second kappa shape index (κ2) is 8.71. The van der Waals surface area contributed by atoms with Crippen LogP contribution in [0.1, 0.15) is 54.4 Å². The standard InChI is InChI=1S/C24H29N3O3/c1-23(2,3)27-22(28)17-9-11-18(12-10-17)24(29,14-13-19-15-25-16-26-19)20-7-5-6-8-21(20)30-4/h5-12,15-16,29H,13-14H2,1-4H3,(H,25,26)(H,27,28). The molecule has 1 aromatic heterocycles. The SMILES string of the molecule is COc1ccccc1C(O)(CCc1cnc[nH]1)c1ccc(C(=O)NC(C)(C)C)cc1. The zero-order valence-corrected chi connectivity index (χ0v) is 17.9. The van der Waals surface area contributed by atoms with Crippen LogP contribution in [0.2, 0.25) is 0 Å². The van der Waals surface area contributed by atoms with E-state index in [1.807, 2.05) is 45.0 Å². The largest absolute Gasteiger partial charge is 0.496 e. The van der Waals surface area contributed by atoms with Crippen LogP contribution < -0.4 is 10.1 Å². The van der Waals surface area contributed by atoms with E-state index in [0.29, 0.717) is 35.3 Å². The molecular weight excluding hydrogens is 378 g/mol. The highest BCUT2D eigenvalue weighted by Gasteiger charge is 2.34. The maximum atomic E-state index is 12.5. The molecule has 2 aromatic carbocycles. The fourth-order valence-corrected chi connectivity index (χ4v) is 3.47. The van der Waals surface area contributed by atoms with Gasteiger partial charge in [0.15, 0.2) is 0 Å². The Balaban J connectivity index is 1.96. The Morgan fingerprint density at radius 3 is 2.43 bits per heavy atom. The summed E-state index contributed by atoms with van der Waals surface area (Å²) in [5.41, 5.74) is 1.24. The van der Waals surface area contributed by atoms with Crippen LogP contribution in [0.3, 0.4) is 0 Å². The molecule has 0 aliphatic rings. The number of hydrogen-bond acceptors (Lipinski definition) is 4. The fraction of sp³-hybridized carbons (Fsp3) is 0.333. The molecule has 6 nitrogen and oxygen atoms in total. The number of nitrogens with zero attached hydrogens (tertiary/aromatic N) is 1. The quantitative estimate of drug-likeness (QED) is 0.556. The number of aryl methyl sites for hydroxylation is 1. The van der Waals surface area contributed by atoms with Gasteiger partial charge in [0.05, 0.1) is 13.4 Å². The Morgan fingerprint density at radius 2 is 1.83 bits per heavy atom. The first-order chi connectivity index (χ1) is 14.2. The Bertz CT molecular complexity index is 976. The molecule has 0 saturated carbocycles. The number of para-hydroxylation sites is 1. The van der Waals surface area contributed by atoms with Crippen molar-refractivity contribution >= 4 is 5.91 Å². The molecule has 3 N–H and O–H groups in total. The third-order valence-electron chi connectivity index (χ3n) is 4.98. The number of benzene rings is 2. The van der Waals surface area contributed by atoms with Gasteiger partial charge >= 0.3 is 0 Å². The summed E-state index contributed by atoms with van der Waals surface area (Å²) in [7, 11) is 1.59. The minimum atomic E-state index is -1.29. The number of carbonyl (C=O) groups excluding carboxylic acids is 1. The Hall–Kier alpha value is -3.12. The molecule has 0 radical (unpaired) electrons. The zero-order valence-electron chi connectivity index (χ0n) is 17.9. The summed E-state index contributed by atoms with van der Waals surface area (Å²) >= 11 is 0. The monoisotopic (exact) mass is 407 g/mol. The molecule has 1 amide bonds. The van der Waals surface area contributed by atoms with Crippen molar-refractivity contribution in [2.75, 3.05) is 7.11 Å².